The largest absolute Gasteiger partial charge is 0.356 e. The van der Waals surface area contributed by atoms with Crippen molar-refractivity contribution in [2.75, 3.05) is 10.9 Å². The average molecular weight is 522 g/mol. The molecule has 1 aromatic heterocycles. The number of nitrogens with one attached hydrogen (secondary N) is 4. The zero-order valence-electron chi connectivity index (χ0n) is 16.4. The number of nitrogens with zero attached hydrogens (tertiary/aromatic N) is 3. The van der Waals surface area contributed by atoms with Crippen LogP contribution in [-0.4, -0.2) is 29.2 Å². The molecule has 3 aromatic rings. The zero-order chi connectivity index (χ0) is 23.3. The van der Waals surface area contributed by atoms with E-state index in [2.05, 4.69) is 42.2 Å². The molecule has 166 valence electrons. The van der Waals surface area contributed by atoms with Crippen molar-refractivity contribution in [2.45, 2.75) is 11.8 Å². The fraction of sp³-hybridized carbons (Fsp3) is 0.0556. The minimum atomic E-state index is -4.04. The Morgan fingerprint density at radius 1 is 1.03 bits per heavy atom. The molecule has 4 N–H and O–H groups in total. The molecule has 1 heterocycles. The Morgan fingerprint density at radius 3 is 2.28 bits per heavy atom. The Bertz CT molecular complexity index is 1270. The predicted octanol–water partition coefficient (Wildman–Crippen LogP) is 2.52. The quantitative estimate of drug-likeness (QED) is 0.257. The van der Waals surface area contributed by atoms with Crippen molar-refractivity contribution in [3.63, 3.8) is 0 Å². The standard InChI is InChI=1S/C18H16BrN7O5S/c1-11-6-8-12(9-7-11)32(30,31)25-23-17-15(26(28)29)16(20-10-21-17)22-24-18(27)13-4-2-3-5-14(13)19/h2-10,25H,1H3,(H,24,27)(H2,20,21,22,23). The van der Waals surface area contributed by atoms with E-state index in [4.69, 9.17) is 0 Å². The summed E-state index contributed by atoms with van der Waals surface area (Å²) in [6.07, 6.45) is 0.961. The monoisotopic (exact) mass is 521 g/mol. The van der Waals surface area contributed by atoms with Crippen LogP contribution in [0.1, 0.15) is 15.9 Å². The van der Waals surface area contributed by atoms with Gasteiger partial charge in [-0.2, -0.15) is 0 Å². The Morgan fingerprint density at radius 2 is 1.66 bits per heavy atom. The van der Waals surface area contributed by atoms with E-state index < -0.39 is 32.4 Å². The van der Waals surface area contributed by atoms with Crippen molar-refractivity contribution in [1.29, 1.82) is 0 Å². The van der Waals surface area contributed by atoms with E-state index in [1.54, 1.807) is 43.3 Å². The molecule has 0 aliphatic carbocycles. The van der Waals surface area contributed by atoms with Crippen LogP contribution in [0, 0.1) is 17.0 Å². The van der Waals surface area contributed by atoms with Crippen molar-refractivity contribution < 1.29 is 18.1 Å². The maximum atomic E-state index is 12.4. The number of carbonyl (C=O) groups is 1. The van der Waals surface area contributed by atoms with Gasteiger partial charge in [-0.05, 0) is 47.1 Å². The predicted molar refractivity (Wildman–Crippen MR) is 119 cm³/mol. The molecule has 1 amide bonds. The van der Waals surface area contributed by atoms with Crippen molar-refractivity contribution in [1.82, 2.24) is 20.2 Å². The van der Waals surface area contributed by atoms with Gasteiger partial charge in [0, 0.05) is 4.47 Å². The molecule has 2 aromatic carbocycles. The fourth-order valence-electron chi connectivity index (χ4n) is 2.46. The summed E-state index contributed by atoms with van der Waals surface area (Å²) < 4.78 is 25.4. The molecule has 3 rings (SSSR count). The normalized spacial score (nSPS) is 10.9. The van der Waals surface area contributed by atoms with Gasteiger partial charge in [-0.25, -0.2) is 18.4 Å². The van der Waals surface area contributed by atoms with E-state index >= 15 is 0 Å². The van der Waals surface area contributed by atoms with Crippen molar-refractivity contribution in [2.24, 2.45) is 0 Å². The maximum absolute atomic E-state index is 12.4. The molecule has 0 spiro atoms. The van der Waals surface area contributed by atoms with Crippen LogP contribution in [0.4, 0.5) is 17.3 Å². The highest BCUT2D eigenvalue weighted by molar-refractivity contribution is 9.10. The SMILES string of the molecule is Cc1ccc(S(=O)(=O)NNc2ncnc(NNC(=O)c3ccccc3Br)c2[N+](=O)[O-])cc1. The zero-order valence-corrected chi connectivity index (χ0v) is 18.8. The van der Waals surface area contributed by atoms with Gasteiger partial charge in [0.25, 0.3) is 15.9 Å². The number of benzene rings is 2. The van der Waals surface area contributed by atoms with Crippen molar-refractivity contribution in [3.8, 4) is 0 Å². The van der Waals surface area contributed by atoms with Gasteiger partial charge in [0.1, 0.15) is 6.33 Å². The Balaban J connectivity index is 1.79. The van der Waals surface area contributed by atoms with Crippen LogP contribution in [0.25, 0.3) is 0 Å². The number of hydrazine groups is 2. The first-order valence-corrected chi connectivity index (χ1v) is 11.1. The first-order chi connectivity index (χ1) is 15.2. The molecule has 0 aliphatic heterocycles. The summed E-state index contributed by atoms with van der Waals surface area (Å²) >= 11 is 3.24. The number of rotatable bonds is 8. The third kappa shape index (κ3) is 5.35. The van der Waals surface area contributed by atoms with E-state index in [9.17, 15) is 23.3 Å². The summed E-state index contributed by atoms with van der Waals surface area (Å²) in [7, 11) is -4.04. The van der Waals surface area contributed by atoms with Crippen LogP contribution in [0.15, 0.2) is 64.2 Å². The summed E-state index contributed by atoms with van der Waals surface area (Å²) in [6.45, 7) is 1.80. The molecule has 0 saturated heterocycles. The van der Waals surface area contributed by atoms with Gasteiger partial charge in [0.2, 0.25) is 11.6 Å². The lowest BCUT2D eigenvalue weighted by Gasteiger charge is -2.12. The highest BCUT2D eigenvalue weighted by Crippen LogP contribution is 2.28. The lowest BCUT2D eigenvalue weighted by molar-refractivity contribution is -0.383. The first kappa shape index (κ1) is 23.1. The number of hydrogen-bond donors (Lipinski definition) is 4. The second kappa shape index (κ2) is 9.67. The van der Waals surface area contributed by atoms with Gasteiger partial charge in [-0.3, -0.25) is 31.2 Å². The van der Waals surface area contributed by atoms with E-state index in [0.29, 0.717) is 4.47 Å². The van der Waals surface area contributed by atoms with Gasteiger partial charge in [-0.15, -0.1) is 4.83 Å². The third-order valence-corrected chi connectivity index (χ3v) is 6.01. The van der Waals surface area contributed by atoms with E-state index in [-0.39, 0.29) is 16.3 Å². The smallest absolute Gasteiger partial charge is 0.286 e. The van der Waals surface area contributed by atoms with Gasteiger partial charge in [0.15, 0.2) is 0 Å². The second-order valence-corrected chi connectivity index (χ2v) is 8.82. The molecule has 0 saturated carbocycles. The Labute approximate surface area is 190 Å². The molecule has 0 bridgehead atoms. The number of anilines is 2. The molecule has 12 nitrogen and oxygen atoms in total. The molecule has 0 unspecified atom stereocenters. The van der Waals surface area contributed by atoms with Gasteiger partial charge < -0.3 is 0 Å². The molecule has 0 fully saturated rings. The highest BCUT2D eigenvalue weighted by Gasteiger charge is 2.25. The molecule has 0 atom stereocenters. The number of nitro groups is 1. The Hall–Kier alpha value is -3.62. The highest BCUT2D eigenvalue weighted by atomic mass is 79.9. The van der Waals surface area contributed by atoms with Crippen molar-refractivity contribution >= 4 is 49.2 Å². The average Bonchev–Trinajstić information content (AvgIpc) is 2.76. The van der Waals surface area contributed by atoms with E-state index in [1.807, 2.05) is 4.83 Å². The Kier molecular flexibility index (Phi) is 6.97. The number of hydrogen-bond acceptors (Lipinski definition) is 9. The minimum Gasteiger partial charge on any atom is -0.286 e. The number of aromatic nitrogens is 2. The lowest BCUT2D eigenvalue weighted by Crippen LogP contribution is -2.32. The van der Waals surface area contributed by atoms with Crippen LogP contribution >= 0.6 is 15.9 Å². The maximum Gasteiger partial charge on any atom is 0.356 e. The van der Waals surface area contributed by atoms with Gasteiger partial charge in [0.05, 0.1) is 15.4 Å². The van der Waals surface area contributed by atoms with Gasteiger partial charge >= 0.3 is 5.69 Å². The molecular formula is C18H16BrN7O5S. The molecule has 14 heteroatoms. The first-order valence-electron chi connectivity index (χ1n) is 8.84. The van der Waals surface area contributed by atoms with Crippen LogP contribution in [0.2, 0.25) is 0 Å². The number of amides is 1. The van der Waals surface area contributed by atoms with Gasteiger partial charge in [-0.1, -0.05) is 29.8 Å². The number of sulfonamides is 1. The fourth-order valence-corrected chi connectivity index (χ4v) is 3.76. The number of aryl methyl sites for hydroxylation is 1. The number of carbonyl (C=O) groups excluding carboxylic acids is 1. The van der Waals surface area contributed by atoms with Crippen LogP contribution in [-0.2, 0) is 10.0 Å². The molecule has 0 radical (unpaired) electrons. The van der Waals surface area contributed by atoms with Crippen molar-refractivity contribution in [3.05, 3.63) is 80.6 Å². The van der Waals surface area contributed by atoms with Crippen LogP contribution in [0.3, 0.4) is 0 Å². The number of halogens is 1. The molecule has 0 aliphatic rings. The van der Waals surface area contributed by atoms with Crippen LogP contribution < -0.4 is 21.1 Å². The molecule has 32 heavy (non-hydrogen) atoms. The summed E-state index contributed by atoms with van der Waals surface area (Å²) in [5.74, 6) is -1.37. The van der Waals surface area contributed by atoms with E-state index in [1.165, 1.54) is 12.1 Å². The third-order valence-electron chi connectivity index (χ3n) is 4.05. The summed E-state index contributed by atoms with van der Waals surface area (Å²) in [4.78, 5) is 32.5. The lowest BCUT2D eigenvalue weighted by atomic mass is 10.2. The minimum absolute atomic E-state index is 0.0497. The van der Waals surface area contributed by atoms with E-state index in [0.717, 1.165) is 11.9 Å². The molecular weight excluding hydrogens is 506 g/mol. The van der Waals surface area contributed by atoms with Crippen LogP contribution in [0.5, 0.6) is 0 Å². The summed E-state index contributed by atoms with van der Waals surface area (Å²) in [6, 6.07) is 12.6. The topological polar surface area (TPSA) is 168 Å². The summed E-state index contributed by atoms with van der Waals surface area (Å²) in [5.41, 5.74) is 7.35. The second-order valence-electron chi connectivity index (χ2n) is 6.28. The summed E-state index contributed by atoms with van der Waals surface area (Å²) in [5, 5.41) is 11.6.